The van der Waals surface area contributed by atoms with E-state index in [4.69, 9.17) is 0 Å². The minimum Gasteiger partial charge on any atom is -0.303 e. The third kappa shape index (κ3) is 1.51. The Morgan fingerprint density at radius 1 is 1.80 bits per heavy atom. The molecule has 1 amide bonds. The fraction of sp³-hybridized carbons (Fsp3) is 0.429. The van der Waals surface area contributed by atoms with Crippen molar-refractivity contribution in [1.82, 2.24) is 5.32 Å². The van der Waals surface area contributed by atoms with Gasteiger partial charge in [-0.05, 0) is 12.6 Å². The lowest BCUT2D eigenvalue weighted by atomic mass is 10.2. The highest BCUT2D eigenvalue weighted by Gasteiger charge is 2.13. The standard InChI is InChI=1S/C7H10N2O/c1-2-8-6-4-3-5-9-7(6)10/h3-6,8H,2H2,1H3. The first-order chi connectivity index (χ1) is 4.84. The molecular formula is C7H10N2O. The number of allylic oxidation sites excluding steroid dienone is 1. The molecule has 0 saturated carbocycles. The minimum atomic E-state index is -0.199. The van der Waals surface area contributed by atoms with Gasteiger partial charge in [-0.25, -0.2) is 4.99 Å². The van der Waals surface area contributed by atoms with Gasteiger partial charge in [0.2, 0.25) is 0 Å². The summed E-state index contributed by atoms with van der Waals surface area (Å²) in [7, 11) is 0. The summed E-state index contributed by atoms with van der Waals surface area (Å²) in [5.41, 5.74) is 0. The molecule has 0 aromatic heterocycles. The lowest BCUT2D eigenvalue weighted by molar-refractivity contribution is -0.118. The van der Waals surface area contributed by atoms with Gasteiger partial charge in [-0.15, -0.1) is 0 Å². The molecule has 1 rings (SSSR count). The average molecular weight is 138 g/mol. The van der Waals surface area contributed by atoms with Crippen LogP contribution in [0.4, 0.5) is 0 Å². The molecule has 0 aromatic rings. The zero-order valence-corrected chi connectivity index (χ0v) is 5.87. The molecule has 0 aliphatic carbocycles. The fourth-order valence-electron chi connectivity index (χ4n) is 0.815. The predicted octanol–water partition coefficient (Wildman–Crippen LogP) is 0.132. The second-order valence-corrected chi connectivity index (χ2v) is 2.04. The van der Waals surface area contributed by atoms with E-state index in [1.165, 1.54) is 6.21 Å². The summed E-state index contributed by atoms with van der Waals surface area (Å²) in [6.45, 7) is 2.75. The SMILES string of the molecule is CCNC1C=CC=NC1=O. The largest absolute Gasteiger partial charge is 0.303 e. The van der Waals surface area contributed by atoms with Crippen LogP contribution < -0.4 is 5.32 Å². The number of carbonyl (C=O) groups is 1. The Morgan fingerprint density at radius 2 is 2.60 bits per heavy atom. The molecule has 1 unspecified atom stereocenters. The van der Waals surface area contributed by atoms with E-state index in [-0.39, 0.29) is 11.9 Å². The third-order valence-corrected chi connectivity index (χ3v) is 1.28. The van der Waals surface area contributed by atoms with Gasteiger partial charge in [0.15, 0.2) is 0 Å². The maximum Gasteiger partial charge on any atom is 0.266 e. The van der Waals surface area contributed by atoms with E-state index >= 15 is 0 Å². The first-order valence-electron chi connectivity index (χ1n) is 3.32. The minimum absolute atomic E-state index is 0.107. The summed E-state index contributed by atoms with van der Waals surface area (Å²) in [5, 5.41) is 2.98. The number of aliphatic imine (C=N–C) groups is 1. The summed E-state index contributed by atoms with van der Waals surface area (Å²) in [6.07, 6.45) is 5.09. The van der Waals surface area contributed by atoms with Crippen molar-refractivity contribution < 1.29 is 4.79 Å². The third-order valence-electron chi connectivity index (χ3n) is 1.28. The number of amides is 1. The highest BCUT2D eigenvalue weighted by molar-refractivity contribution is 5.96. The number of hydrogen-bond donors (Lipinski definition) is 1. The van der Waals surface area contributed by atoms with Crippen molar-refractivity contribution in [2.45, 2.75) is 13.0 Å². The fourth-order valence-corrected chi connectivity index (χ4v) is 0.815. The molecule has 1 N–H and O–H groups in total. The molecule has 54 valence electrons. The maximum atomic E-state index is 10.9. The molecular weight excluding hydrogens is 128 g/mol. The van der Waals surface area contributed by atoms with Crippen molar-refractivity contribution in [1.29, 1.82) is 0 Å². The molecule has 3 nitrogen and oxygen atoms in total. The highest BCUT2D eigenvalue weighted by atomic mass is 16.1. The van der Waals surface area contributed by atoms with Gasteiger partial charge in [-0.1, -0.05) is 13.0 Å². The summed E-state index contributed by atoms with van der Waals surface area (Å²) in [4.78, 5) is 14.5. The van der Waals surface area contributed by atoms with Crippen molar-refractivity contribution >= 4 is 12.1 Å². The van der Waals surface area contributed by atoms with E-state index in [2.05, 4.69) is 10.3 Å². The lowest BCUT2D eigenvalue weighted by Gasteiger charge is -2.10. The molecule has 0 radical (unpaired) electrons. The molecule has 1 aliphatic rings. The summed E-state index contributed by atoms with van der Waals surface area (Å²) >= 11 is 0. The first-order valence-corrected chi connectivity index (χ1v) is 3.32. The number of nitrogens with zero attached hydrogens (tertiary/aromatic N) is 1. The van der Waals surface area contributed by atoms with Crippen molar-refractivity contribution in [2.24, 2.45) is 4.99 Å². The van der Waals surface area contributed by atoms with Crippen LogP contribution in [0.5, 0.6) is 0 Å². The lowest BCUT2D eigenvalue weighted by Crippen LogP contribution is -2.34. The molecule has 0 fully saturated rings. The van der Waals surface area contributed by atoms with Gasteiger partial charge in [0.05, 0.1) is 0 Å². The number of nitrogens with one attached hydrogen (secondary N) is 1. The summed E-state index contributed by atoms with van der Waals surface area (Å²) in [5.74, 6) is -0.107. The normalized spacial score (nSPS) is 23.7. The zero-order chi connectivity index (χ0) is 7.40. The van der Waals surface area contributed by atoms with E-state index in [1.54, 1.807) is 12.2 Å². The van der Waals surface area contributed by atoms with Crippen LogP contribution in [0, 0.1) is 0 Å². The topological polar surface area (TPSA) is 41.5 Å². The van der Waals surface area contributed by atoms with Crippen LogP contribution in [-0.2, 0) is 4.79 Å². The van der Waals surface area contributed by atoms with Crippen molar-refractivity contribution in [3.63, 3.8) is 0 Å². The Kier molecular flexibility index (Phi) is 2.34. The van der Waals surface area contributed by atoms with Crippen LogP contribution in [0.3, 0.4) is 0 Å². The van der Waals surface area contributed by atoms with E-state index in [9.17, 15) is 4.79 Å². The molecule has 1 atom stereocenters. The van der Waals surface area contributed by atoms with Gasteiger partial charge in [0, 0.05) is 6.21 Å². The summed E-state index contributed by atoms with van der Waals surface area (Å²) in [6, 6.07) is -0.199. The van der Waals surface area contributed by atoms with Crippen LogP contribution in [0.15, 0.2) is 17.1 Å². The molecule has 10 heavy (non-hydrogen) atoms. The zero-order valence-electron chi connectivity index (χ0n) is 5.87. The quantitative estimate of drug-likeness (QED) is 0.589. The van der Waals surface area contributed by atoms with Crippen molar-refractivity contribution in [3.8, 4) is 0 Å². The Labute approximate surface area is 59.8 Å². The smallest absolute Gasteiger partial charge is 0.266 e. The van der Waals surface area contributed by atoms with Gasteiger partial charge in [0.1, 0.15) is 6.04 Å². The summed E-state index contributed by atoms with van der Waals surface area (Å²) < 4.78 is 0. The van der Waals surface area contributed by atoms with Crippen molar-refractivity contribution in [3.05, 3.63) is 12.2 Å². The first kappa shape index (κ1) is 7.15. The van der Waals surface area contributed by atoms with Gasteiger partial charge in [-0.2, -0.15) is 0 Å². The molecule has 1 aliphatic heterocycles. The van der Waals surface area contributed by atoms with Gasteiger partial charge >= 0.3 is 0 Å². The molecule has 1 heterocycles. The second-order valence-electron chi connectivity index (χ2n) is 2.04. The Bertz CT molecular complexity index is 184. The van der Waals surface area contributed by atoms with E-state index < -0.39 is 0 Å². The maximum absolute atomic E-state index is 10.9. The molecule has 0 bridgehead atoms. The van der Waals surface area contributed by atoms with Crippen LogP contribution in [-0.4, -0.2) is 24.7 Å². The Morgan fingerprint density at radius 3 is 3.20 bits per heavy atom. The van der Waals surface area contributed by atoms with Gasteiger partial charge in [-0.3, -0.25) is 4.79 Å². The Balaban J connectivity index is 2.53. The van der Waals surface area contributed by atoms with E-state index in [1.807, 2.05) is 6.92 Å². The number of hydrogen-bond acceptors (Lipinski definition) is 2. The van der Waals surface area contributed by atoms with Crippen LogP contribution >= 0.6 is 0 Å². The van der Waals surface area contributed by atoms with Gasteiger partial charge in [0.25, 0.3) is 5.91 Å². The van der Waals surface area contributed by atoms with Crippen LogP contribution in [0.1, 0.15) is 6.92 Å². The van der Waals surface area contributed by atoms with E-state index in [0.29, 0.717) is 0 Å². The molecule has 3 heteroatoms. The number of likely N-dealkylation sites (N-methyl/N-ethyl adjacent to an activating group) is 1. The number of dihydropyridines is 1. The van der Waals surface area contributed by atoms with E-state index in [0.717, 1.165) is 6.54 Å². The average Bonchev–Trinajstić information content (AvgIpc) is 1.94. The second kappa shape index (κ2) is 3.27. The predicted molar refractivity (Wildman–Crippen MR) is 40.1 cm³/mol. The molecule has 0 spiro atoms. The van der Waals surface area contributed by atoms with Crippen LogP contribution in [0.25, 0.3) is 0 Å². The Hall–Kier alpha value is -0.960. The van der Waals surface area contributed by atoms with Crippen molar-refractivity contribution in [2.75, 3.05) is 6.54 Å². The molecule has 0 saturated heterocycles. The number of carbonyl (C=O) groups excluding carboxylic acids is 1. The molecule has 0 aromatic carbocycles. The monoisotopic (exact) mass is 138 g/mol. The highest BCUT2D eigenvalue weighted by Crippen LogP contribution is 1.94. The van der Waals surface area contributed by atoms with Crippen LogP contribution in [0.2, 0.25) is 0 Å². The van der Waals surface area contributed by atoms with Gasteiger partial charge < -0.3 is 5.32 Å². The number of rotatable bonds is 2.